The molecular weight excluding hydrogens is 264 g/mol. The quantitative estimate of drug-likeness (QED) is 0.802. The number of fused-ring (bicyclic) bond motifs is 1. The molecule has 2 aromatic heterocycles. The van der Waals surface area contributed by atoms with E-state index in [1.165, 1.54) is 10.9 Å². The van der Waals surface area contributed by atoms with Crippen molar-refractivity contribution >= 4 is 10.9 Å². The van der Waals surface area contributed by atoms with Crippen LogP contribution in [0.3, 0.4) is 0 Å². The summed E-state index contributed by atoms with van der Waals surface area (Å²) in [6, 6.07) is 6.52. The van der Waals surface area contributed by atoms with E-state index < -0.39 is 0 Å². The predicted molar refractivity (Wildman–Crippen MR) is 79.8 cm³/mol. The highest BCUT2D eigenvalue weighted by atomic mass is 16.3. The standard InChI is InChI=1S/C16H18N4O/c1-2-14-10-18-19-15(14)9-12(1)11-20-6-3-13(4-7-20)16-17-5-8-21-16/h1-2,5,8-10,13H,3-4,6-7,11H2,(H,18,19). The molecule has 1 N–H and O–H groups in total. The van der Waals surface area contributed by atoms with Crippen molar-refractivity contribution in [3.8, 4) is 0 Å². The van der Waals surface area contributed by atoms with Crippen LogP contribution in [0.15, 0.2) is 41.3 Å². The SMILES string of the molecule is c1coc(C2CCN(Cc3ccc4cn[nH]c4c3)CC2)n1. The zero-order valence-electron chi connectivity index (χ0n) is 11.8. The Morgan fingerprint density at radius 3 is 3.00 bits per heavy atom. The van der Waals surface area contributed by atoms with Crippen LogP contribution in [-0.4, -0.2) is 33.2 Å². The molecule has 0 atom stereocenters. The molecule has 0 unspecified atom stereocenters. The molecular formula is C16H18N4O. The monoisotopic (exact) mass is 282 g/mol. The average molecular weight is 282 g/mol. The lowest BCUT2D eigenvalue weighted by molar-refractivity contribution is 0.193. The Morgan fingerprint density at radius 2 is 2.19 bits per heavy atom. The zero-order valence-corrected chi connectivity index (χ0v) is 11.8. The number of aromatic nitrogens is 3. The van der Waals surface area contributed by atoms with Gasteiger partial charge >= 0.3 is 0 Å². The van der Waals surface area contributed by atoms with Crippen molar-refractivity contribution in [1.82, 2.24) is 20.1 Å². The highest BCUT2D eigenvalue weighted by Gasteiger charge is 2.23. The Hall–Kier alpha value is -2.14. The van der Waals surface area contributed by atoms with Crippen molar-refractivity contribution in [3.63, 3.8) is 0 Å². The number of hydrogen-bond acceptors (Lipinski definition) is 4. The van der Waals surface area contributed by atoms with Gasteiger partial charge in [0, 0.05) is 17.8 Å². The van der Waals surface area contributed by atoms with E-state index in [4.69, 9.17) is 4.42 Å². The second kappa shape index (κ2) is 5.33. The molecule has 5 heteroatoms. The van der Waals surface area contributed by atoms with Gasteiger partial charge in [0.15, 0.2) is 5.89 Å². The van der Waals surface area contributed by atoms with Crippen LogP contribution in [0.5, 0.6) is 0 Å². The number of likely N-dealkylation sites (tertiary alicyclic amines) is 1. The van der Waals surface area contributed by atoms with E-state index >= 15 is 0 Å². The van der Waals surface area contributed by atoms with Crippen molar-refractivity contribution in [2.24, 2.45) is 0 Å². The second-order valence-corrected chi connectivity index (χ2v) is 5.71. The van der Waals surface area contributed by atoms with Crippen molar-refractivity contribution < 1.29 is 4.42 Å². The lowest BCUT2D eigenvalue weighted by Gasteiger charge is -2.30. The van der Waals surface area contributed by atoms with E-state index in [0.717, 1.165) is 43.9 Å². The summed E-state index contributed by atoms with van der Waals surface area (Å²) < 4.78 is 5.43. The van der Waals surface area contributed by atoms with Crippen molar-refractivity contribution in [1.29, 1.82) is 0 Å². The van der Waals surface area contributed by atoms with Gasteiger partial charge in [-0.2, -0.15) is 5.10 Å². The number of benzene rings is 1. The maximum Gasteiger partial charge on any atom is 0.197 e. The molecule has 0 radical (unpaired) electrons. The van der Waals surface area contributed by atoms with Crippen LogP contribution >= 0.6 is 0 Å². The summed E-state index contributed by atoms with van der Waals surface area (Å²) in [5, 5.41) is 8.27. The number of rotatable bonds is 3. The minimum Gasteiger partial charge on any atom is -0.449 e. The third kappa shape index (κ3) is 2.56. The Kier molecular flexibility index (Phi) is 3.20. The van der Waals surface area contributed by atoms with E-state index in [9.17, 15) is 0 Å². The van der Waals surface area contributed by atoms with Crippen molar-refractivity contribution in [2.45, 2.75) is 25.3 Å². The first-order chi connectivity index (χ1) is 10.4. The summed E-state index contributed by atoms with van der Waals surface area (Å²) in [4.78, 5) is 6.78. The van der Waals surface area contributed by atoms with Gasteiger partial charge in [-0.1, -0.05) is 12.1 Å². The number of oxazole rings is 1. The number of hydrogen-bond donors (Lipinski definition) is 1. The first-order valence-electron chi connectivity index (χ1n) is 7.42. The molecule has 1 aromatic carbocycles. The molecule has 1 fully saturated rings. The van der Waals surface area contributed by atoms with E-state index in [1.807, 2.05) is 6.20 Å². The first-order valence-corrected chi connectivity index (χ1v) is 7.42. The summed E-state index contributed by atoms with van der Waals surface area (Å²) in [6.07, 6.45) is 7.50. The molecule has 0 spiro atoms. The molecule has 1 aliphatic rings. The van der Waals surface area contributed by atoms with Gasteiger partial charge in [-0.3, -0.25) is 10.00 Å². The Bertz CT molecular complexity index is 711. The minimum absolute atomic E-state index is 0.478. The number of H-pyrrole nitrogens is 1. The smallest absolute Gasteiger partial charge is 0.197 e. The normalized spacial score (nSPS) is 17.5. The van der Waals surface area contributed by atoms with Crippen LogP contribution in [0.25, 0.3) is 10.9 Å². The van der Waals surface area contributed by atoms with Gasteiger partial charge in [-0.15, -0.1) is 0 Å². The molecule has 0 aliphatic carbocycles. The van der Waals surface area contributed by atoms with Crippen LogP contribution in [0.2, 0.25) is 0 Å². The average Bonchev–Trinajstić information content (AvgIpc) is 3.19. The van der Waals surface area contributed by atoms with Gasteiger partial charge in [0.25, 0.3) is 0 Å². The van der Waals surface area contributed by atoms with Gasteiger partial charge in [0.05, 0.1) is 17.9 Å². The molecule has 1 saturated heterocycles. The fourth-order valence-electron chi connectivity index (χ4n) is 3.11. The molecule has 0 amide bonds. The summed E-state index contributed by atoms with van der Waals surface area (Å²) in [6.45, 7) is 3.18. The third-order valence-corrected chi connectivity index (χ3v) is 4.30. The first kappa shape index (κ1) is 12.6. The molecule has 108 valence electrons. The highest BCUT2D eigenvalue weighted by Crippen LogP contribution is 2.27. The number of nitrogens with zero attached hydrogens (tertiary/aromatic N) is 3. The molecule has 21 heavy (non-hydrogen) atoms. The Balaban J connectivity index is 1.40. The van der Waals surface area contributed by atoms with Gasteiger partial charge in [-0.25, -0.2) is 4.98 Å². The second-order valence-electron chi connectivity index (χ2n) is 5.71. The van der Waals surface area contributed by atoms with Gasteiger partial charge < -0.3 is 4.42 Å². The van der Waals surface area contributed by atoms with E-state index in [2.05, 4.69) is 38.3 Å². The van der Waals surface area contributed by atoms with Crippen LogP contribution < -0.4 is 0 Å². The van der Waals surface area contributed by atoms with Gasteiger partial charge in [-0.05, 0) is 37.6 Å². The van der Waals surface area contributed by atoms with Crippen molar-refractivity contribution in [2.75, 3.05) is 13.1 Å². The summed E-state index contributed by atoms with van der Waals surface area (Å²) >= 11 is 0. The summed E-state index contributed by atoms with van der Waals surface area (Å²) in [5.74, 6) is 1.37. The van der Waals surface area contributed by atoms with Crippen LogP contribution in [0.4, 0.5) is 0 Å². The van der Waals surface area contributed by atoms with Crippen molar-refractivity contribution in [3.05, 3.63) is 48.3 Å². The predicted octanol–water partition coefficient (Wildman–Crippen LogP) is 2.93. The maximum absolute atomic E-state index is 5.43. The lowest BCUT2D eigenvalue weighted by Crippen LogP contribution is -2.32. The third-order valence-electron chi connectivity index (χ3n) is 4.30. The number of piperidine rings is 1. The molecule has 4 rings (SSSR count). The fraction of sp³-hybridized carbons (Fsp3) is 0.375. The fourth-order valence-corrected chi connectivity index (χ4v) is 3.11. The highest BCUT2D eigenvalue weighted by molar-refractivity contribution is 5.78. The lowest BCUT2D eigenvalue weighted by atomic mass is 9.96. The molecule has 0 bridgehead atoms. The van der Waals surface area contributed by atoms with Crippen LogP contribution in [0, 0.1) is 0 Å². The molecule has 1 aliphatic heterocycles. The summed E-state index contributed by atoms with van der Waals surface area (Å²) in [7, 11) is 0. The Morgan fingerprint density at radius 1 is 1.29 bits per heavy atom. The zero-order chi connectivity index (χ0) is 14.1. The Labute approximate surface area is 123 Å². The maximum atomic E-state index is 5.43. The van der Waals surface area contributed by atoms with Gasteiger partial charge in [0.1, 0.15) is 6.26 Å². The van der Waals surface area contributed by atoms with E-state index in [0.29, 0.717) is 5.92 Å². The number of aromatic amines is 1. The van der Waals surface area contributed by atoms with E-state index in [-0.39, 0.29) is 0 Å². The summed E-state index contributed by atoms with van der Waals surface area (Å²) in [5.41, 5.74) is 2.45. The molecule has 5 nitrogen and oxygen atoms in total. The van der Waals surface area contributed by atoms with Crippen LogP contribution in [0.1, 0.15) is 30.2 Å². The molecule has 3 aromatic rings. The van der Waals surface area contributed by atoms with E-state index in [1.54, 1.807) is 12.5 Å². The van der Waals surface area contributed by atoms with Crippen LogP contribution in [-0.2, 0) is 6.54 Å². The topological polar surface area (TPSA) is 58.0 Å². The minimum atomic E-state index is 0.478. The molecule has 0 saturated carbocycles. The van der Waals surface area contributed by atoms with Gasteiger partial charge in [0.2, 0.25) is 0 Å². The molecule has 3 heterocycles. The largest absolute Gasteiger partial charge is 0.449 e. The number of nitrogens with one attached hydrogen (secondary N) is 1.